The smallest absolute Gasteiger partial charge is 0.210 e. The highest BCUT2D eigenvalue weighted by atomic mass is 16.5. The molecule has 0 spiro atoms. The van der Waals surface area contributed by atoms with E-state index in [9.17, 15) is 4.79 Å². The zero-order valence-electron chi connectivity index (χ0n) is 15.6. The Labute approximate surface area is 154 Å². The third-order valence-corrected chi connectivity index (χ3v) is 5.76. The molecule has 1 atom stereocenters. The Morgan fingerprint density at radius 3 is 2.77 bits per heavy atom. The minimum Gasteiger partial charge on any atom is -0.489 e. The van der Waals surface area contributed by atoms with Gasteiger partial charge in [-0.25, -0.2) is 4.98 Å². The summed E-state index contributed by atoms with van der Waals surface area (Å²) in [6.07, 6.45) is 7.20. The fraction of sp³-hybridized carbons (Fsp3) is 0.600. The van der Waals surface area contributed by atoms with Gasteiger partial charge in [-0.15, -0.1) is 0 Å². The molecule has 26 heavy (non-hydrogen) atoms. The van der Waals surface area contributed by atoms with Crippen molar-refractivity contribution in [2.24, 2.45) is 0 Å². The Balaban J connectivity index is 1.45. The van der Waals surface area contributed by atoms with Crippen molar-refractivity contribution < 1.29 is 9.53 Å². The molecule has 2 aromatic rings. The number of ether oxygens (including phenoxy) is 1. The number of fused-ring (bicyclic) bond motifs is 1. The van der Waals surface area contributed by atoms with Crippen molar-refractivity contribution >= 4 is 17.4 Å². The second-order valence-corrected chi connectivity index (χ2v) is 7.78. The van der Waals surface area contributed by atoms with E-state index in [1.807, 2.05) is 11.1 Å². The van der Waals surface area contributed by atoms with Crippen LogP contribution in [0.5, 0.6) is 5.75 Å². The Hall–Kier alpha value is -2.08. The maximum Gasteiger partial charge on any atom is 0.210 e. The predicted molar refractivity (Wildman–Crippen MR) is 101 cm³/mol. The summed E-state index contributed by atoms with van der Waals surface area (Å²) in [5.74, 6) is 0.838. The number of likely N-dealkylation sites (tertiary alicyclic amines) is 2. The summed E-state index contributed by atoms with van der Waals surface area (Å²) in [6.45, 7) is 7.52. The second-order valence-electron chi connectivity index (χ2n) is 7.78. The second kappa shape index (κ2) is 7.27. The van der Waals surface area contributed by atoms with E-state index in [1.54, 1.807) is 0 Å². The van der Waals surface area contributed by atoms with Crippen LogP contribution in [-0.2, 0) is 4.79 Å². The molecule has 2 fully saturated rings. The molecule has 2 aromatic heterocycles. The van der Waals surface area contributed by atoms with Crippen molar-refractivity contribution in [3.05, 3.63) is 24.0 Å². The highest BCUT2D eigenvalue weighted by molar-refractivity contribution is 5.78. The number of nitrogens with zero attached hydrogens (tertiary/aromatic N) is 3. The van der Waals surface area contributed by atoms with Crippen molar-refractivity contribution in [3.63, 3.8) is 0 Å². The van der Waals surface area contributed by atoms with E-state index in [-0.39, 0.29) is 12.1 Å². The fourth-order valence-electron chi connectivity index (χ4n) is 4.21. The van der Waals surface area contributed by atoms with Gasteiger partial charge in [0.05, 0.1) is 12.2 Å². The first-order chi connectivity index (χ1) is 12.6. The van der Waals surface area contributed by atoms with E-state index in [2.05, 4.69) is 40.8 Å². The molecule has 4 rings (SSSR count). The summed E-state index contributed by atoms with van der Waals surface area (Å²) in [4.78, 5) is 23.5. The molecule has 0 aromatic carbocycles. The highest BCUT2D eigenvalue weighted by Crippen LogP contribution is 2.32. The molecular formula is C20H28N4O2. The van der Waals surface area contributed by atoms with Crippen LogP contribution in [0.2, 0.25) is 0 Å². The molecule has 0 bridgehead atoms. The van der Waals surface area contributed by atoms with Gasteiger partial charge in [-0.3, -0.25) is 4.79 Å². The van der Waals surface area contributed by atoms with Gasteiger partial charge < -0.3 is 19.5 Å². The zero-order chi connectivity index (χ0) is 18.1. The fourth-order valence-corrected chi connectivity index (χ4v) is 4.21. The summed E-state index contributed by atoms with van der Waals surface area (Å²) in [5, 5.41) is 1.05. The van der Waals surface area contributed by atoms with E-state index in [0.29, 0.717) is 6.04 Å². The van der Waals surface area contributed by atoms with Crippen molar-refractivity contribution in [2.45, 2.75) is 57.7 Å². The van der Waals surface area contributed by atoms with Crippen molar-refractivity contribution in [1.29, 1.82) is 0 Å². The number of hydrogen-bond donors (Lipinski definition) is 1. The molecule has 6 heteroatoms. The van der Waals surface area contributed by atoms with Crippen LogP contribution in [0.25, 0.3) is 11.0 Å². The third-order valence-electron chi connectivity index (χ3n) is 5.76. The van der Waals surface area contributed by atoms with Gasteiger partial charge in [-0.2, -0.15) is 0 Å². The van der Waals surface area contributed by atoms with Crippen LogP contribution in [0.3, 0.4) is 0 Å². The first-order valence-corrected chi connectivity index (χ1v) is 9.74. The van der Waals surface area contributed by atoms with Crippen LogP contribution < -0.4 is 4.74 Å². The molecule has 1 N–H and O–H groups in total. The summed E-state index contributed by atoms with van der Waals surface area (Å²) in [7, 11) is 0. The van der Waals surface area contributed by atoms with Crippen LogP contribution in [0.15, 0.2) is 18.3 Å². The number of carbonyl (C=O) groups excluding carboxylic acids is 1. The summed E-state index contributed by atoms with van der Waals surface area (Å²) in [6, 6.07) is 4.93. The molecule has 1 unspecified atom stereocenters. The summed E-state index contributed by atoms with van der Waals surface area (Å²) < 4.78 is 6.20. The van der Waals surface area contributed by atoms with Crippen molar-refractivity contribution in [3.8, 4) is 5.75 Å². The minimum absolute atomic E-state index is 0.145. The number of piperidine rings is 1. The Morgan fingerprint density at radius 2 is 2.04 bits per heavy atom. The van der Waals surface area contributed by atoms with E-state index < -0.39 is 0 Å². The lowest BCUT2D eigenvalue weighted by Gasteiger charge is -2.34. The Morgan fingerprint density at radius 1 is 1.23 bits per heavy atom. The van der Waals surface area contributed by atoms with Crippen LogP contribution in [0, 0.1) is 0 Å². The maximum absolute atomic E-state index is 11.2. The van der Waals surface area contributed by atoms with Gasteiger partial charge in [0.15, 0.2) is 0 Å². The van der Waals surface area contributed by atoms with Crippen LogP contribution in [0.4, 0.5) is 0 Å². The summed E-state index contributed by atoms with van der Waals surface area (Å²) >= 11 is 0. The topological polar surface area (TPSA) is 61.5 Å². The van der Waals surface area contributed by atoms with Gasteiger partial charge in [-0.05, 0) is 51.7 Å². The quantitative estimate of drug-likeness (QED) is 0.836. The first-order valence-electron chi connectivity index (χ1n) is 9.74. The maximum atomic E-state index is 11.2. The molecule has 0 saturated carbocycles. The van der Waals surface area contributed by atoms with Gasteiger partial charge in [0.25, 0.3) is 0 Å². The molecular weight excluding hydrogens is 328 g/mol. The van der Waals surface area contributed by atoms with Crippen LogP contribution >= 0.6 is 0 Å². The standard InChI is InChI=1S/C20H28N4O2/c1-14(2)23-8-5-16(6-9-23)26-17-10-15-11-18(22-20(15)21-12-17)19-4-3-7-24(19)13-25/h10-14,16,19H,3-9H2,1-2H3,(H,21,22). The van der Waals surface area contributed by atoms with Crippen LogP contribution in [-0.4, -0.2) is 58.0 Å². The molecule has 4 heterocycles. The molecule has 6 nitrogen and oxygen atoms in total. The Kier molecular flexibility index (Phi) is 4.85. The molecule has 0 radical (unpaired) electrons. The van der Waals surface area contributed by atoms with E-state index in [4.69, 9.17) is 4.74 Å². The number of aromatic amines is 1. The van der Waals surface area contributed by atoms with Gasteiger partial charge in [0.2, 0.25) is 6.41 Å². The molecule has 0 aliphatic carbocycles. The van der Waals surface area contributed by atoms with E-state index in [1.165, 1.54) is 0 Å². The lowest BCUT2D eigenvalue weighted by atomic mass is 10.1. The first kappa shape index (κ1) is 17.3. The van der Waals surface area contributed by atoms with Gasteiger partial charge >= 0.3 is 0 Å². The minimum atomic E-state index is 0.145. The van der Waals surface area contributed by atoms with E-state index >= 15 is 0 Å². The molecule has 2 aliphatic rings. The normalized spacial score (nSPS) is 22.4. The number of H-pyrrole nitrogens is 1. The predicted octanol–water partition coefficient (Wildman–Crippen LogP) is 3.11. The number of hydrogen-bond acceptors (Lipinski definition) is 4. The lowest BCUT2D eigenvalue weighted by molar-refractivity contribution is -0.119. The number of nitrogens with one attached hydrogen (secondary N) is 1. The average Bonchev–Trinajstić information content (AvgIpc) is 3.27. The number of aromatic nitrogens is 2. The monoisotopic (exact) mass is 356 g/mol. The van der Waals surface area contributed by atoms with Crippen LogP contribution in [0.1, 0.15) is 51.3 Å². The summed E-state index contributed by atoms with van der Waals surface area (Å²) in [5.41, 5.74) is 1.93. The van der Waals surface area contributed by atoms with Gasteiger partial charge in [0, 0.05) is 36.8 Å². The van der Waals surface area contributed by atoms with Crippen molar-refractivity contribution in [1.82, 2.24) is 19.8 Å². The zero-order valence-corrected chi connectivity index (χ0v) is 15.6. The highest BCUT2D eigenvalue weighted by Gasteiger charge is 2.26. The lowest BCUT2D eigenvalue weighted by Crippen LogP contribution is -2.41. The number of rotatable bonds is 5. The van der Waals surface area contributed by atoms with E-state index in [0.717, 1.165) is 74.2 Å². The van der Waals surface area contributed by atoms with Gasteiger partial charge in [0.1, 0.15) is 17.5 Å². The SMILES string of the molecule is CC(C)N1CCC(Oc2cnc3[nH]c(C4CCCN4C=O)cc3c2)CC1. The average molecular weight is 356 g/mol. The molecule has 1 amide bonds. The number of amides is 1. The number of pyridine rings is 1. The third kappa shape index (κ3) is 3.43. The van der Waals surface area contributed by atoms with Crippen molar-refractivity contribution in [2.75, 3.05) is 19.6 Å². The number of carbonyl (C=O) groups is 1. The van der Waals surface area contributed by atoms with Gasteiger partial charge in [-0.1, -0.05) is 0 Å². The largest absolute Gasteiger partial charge is 0.489 e. The molecule has 2 aliphatic heterocycles. The molecule has 140 valence electrons. The molecule has 2 saturated heterocycles. The Bertz CT molecular complexity index is 764.